The highest BCUT2D eigenvalue weighted by Gasteiger charge is 1.98. The van der Waals surface area contributed by atoms with Crippen molar-refractivity contribution < 1.29 is 28.2 Å². The summed E-state index contributed by atoms with van der Waals surface area (Å²) in [5.41, 5.74) is 0. The first-order valence-corrected chi connectivity index (χ1v) is 6.49. The summed E-state index contributed by atoms with van der Waals surface area (Å²) in [7, 11) is 1.70. The number of rotatable bonds is 14. The summed E-state index contributed by atoms with van der Waals surface area (Å²) in [4.78, 5) is 21.0. The maximum atomic E-state index is 11.8. The molecule has 0 aliphatic rings. The third kappa shape index (κ3) is 15.0. The van der Waals surface area contributed by atoms with Crippen molar-refractivity contribution in [2.75, 3.05) is 59.8 Å². The molecule has 0 aromatic carbocycles. The summed E-state index contributed by atoms with van der Waals surface area (Å²) < 4.78 is 27.1. The summed E-state index contributed by atoms with van der Waals surface area (Å²) in [5, 5.41) is 5.41. The van der Waals surface area contributed by atoms with Gasteiger partial charge in [0.25, 0.3) is 0 Å². The lowest BCUT2D eigenvalue weighted by molar-refractivity contribution is -0.130. The van der Waals surface area contributed by atoms with Crippen LogP contribution in [0, 0.1) is 0 Å². The molecular formula is C12H23FN2O5. The molecule has 0 fully saturated rings. The monoisotopic (exact) mass is 294 g/mol. The number of ether oxygens (including phenoxy) is 3. The lowest BCUT2D eigenvalue weighted by atomic mass is 10.5. The fraction of sp³-hybridized carbons (Fsp3) is 0.833. The molecule has 7 nitrogen and oxygen atoms in total. The van der Waals surface area contributed by atoms with Gasteiger partial charge >= 0.3 is 6.04 Å². The normalized spacial score (nSPS) is 10.5. The summed E-state index contributed by atoms with van der Waals surface area (Å²) in [6.45, 7) is 2.75. The van der Waals surface area contributed by atoms with E-state index in [2.05, 4.69) is 10.6 Å². The van der Waals surface area contributed by atoms with Gasteiger partial charge < -0.3 is 24.8 Å². The SMILES string of the molecule is CNCC(=O)NCCOCCOCCOCCC(=O)F. The van der Waals surface area contributed by atoms with E-state index in [1.54, 1.807) is 7.05 Å². The molecule has 0 aliphatic heterocycles. The molecule has 0 rings (SSSR count). The number of halogens is 1. The van der Waals surface area contributed by atoms with Crippen LogP contribution >= 0.6 is 0 Å². The van der Waals surface area contributed by atoms with Gasteiger partial charge in [0.2, 0.25) is 5.91 Å². The Morgan fingerprint density at radius 3 is 2.05 bits per heavy atom. The van der Waals surface area contributed by atoms with Gasteiger partial charge in [-0.15, -0.1) is 0 Å². The maximum Gasteiger partial charge on any atom is 0.303 e. The van der Waals surface area contributed by atoms with Crippen LogP contribution in [0.15, 0.2) is 0 Å². The van der Waals surface area contributed by atoms with E-state index in [-0.39, 0.29) is 25.5 Å². The molecule has 0 aliphatic carbocycles. The van der Waals surface area contributed by atoms with E-state index in [9.17, 15) is 14.0 Å². The van der Waals surface area contributed by atoms with Gasteiger partial charge in [-0.2, -0.15) is 4.39 Å². The topological polar surface area (TPSA) is 85.9 Å². The third-order valence-electron chi connectivity index (χ3n) is 2.09. The highest BCUT2D eigenvalue weighted by Crippen LogP contribution is 1.87. The zero-order valence-corrected chi connectivity index (χ0v) is 11.8. The van der Waals surface area contributed by atoms with Crippen molar-refractivity contribution in [1.29, 1.82) is 0 Å². The van der Waals surface area contributed by atoms with Crippen LogP contribution in [-0.2, 0) is 23.8 Å². The third-order valence-corrected chi connectivity index (χ3v) is 2.09. The fourth-order valence-corrected chi connectivity index (χ4v) is 1.18. The molecule has 1 amide bonds. The molecule has 0 aromatic heterocycles. The predicted molar refractivity (Wildman–Crippen MR) is 70.1 cm³/mol. The predicted octanol–water partition coefficient (Wildman–Crippen LogP) is -0.742. The molecular weight excluding hydrogens is 271 g/mol. The molecule has 0 bridgehead atoms. The van der Waals surface area contributed by atoms with Crippen LogP contribution in [0.3, 0.4) is 0 Å². The summed E-state index contributed by atoms with van der Waals surface area (Å²) in [6.07, 6.45) is -0.220. The van der Waals surface area contributed by atoms with E-state index in [1.165, 1.54) is 0 Å². The molecule has 0 saturated carbocycles. The standard InChI is InChI=1S/C12H23FN2O5/c1-14-10-12(17)15-3-5-19-7-9-20-8-6-18-4-2-11(13)16/h14H,2-10H2,1H3,(H,15,17). The highest BCUT2D eigenvalue weighted by atomic mass is 19.1. The first kappa shape index (κ1) is 18.9. The lowest BCUT2D eigenvalue weighted by Crippen LogP contribution is -2.34. The average Bonchev–Trinajstić information content (AvgIpc) is 2.40. The van der Waals surface area contributed by atoms with Crippen molar-refractivity contribution in [1.82, 2.24) is 10.6 Å². The van der Waals surface area contributed by atoms with Crippen molar-refractivity contribution in [2.45, 2.75) is 6.42 Å². The Balaban J connectivity index is 3.06. The molecule has 0 heterocycles. The summed E-state index contributed by atoms with van der Waals surface area (Å²) in [5.74, 6) is -0.0729. The van der Waals surface area contributed by atoms with Crippen LogP contribution in [0.4, 0.5) is 4.39 Å². The van der Waals surface area contributed by atoms with E-state index < -0.39 is 6.04 Å². The molecule has 0 radical (unpaired) electrons. The van der Waals surface area contributed by atoms with E-state index in [0.717, 1.165) is 0 Å². The first-order valence-electron chi connectivity index (χ1n) is 6.49. The van der Waals surface area contributed by atoms with Crippen molar-refractivity contribution >= 4 is 11.9 Å². The van der Waals surface area contributed by atoms with E-state index in [1.807, 2.05) is 0 Å². The smallest absolute Gasteiger partial charge is 0.303 e. The molecule has 0 unspecified atom stereocenters. The van der Waals surface area contributed by atoms with Crippen LogP contribution in [-0.4, -0.2) is 71.7 Å². The molecule has 20 heavy (non-hydrogen) atoms. The molecule has 0 atom stereocenters. The summed E-state index contributed by atoms with van der Waals surface area (Å²) in [6, 6.07) is -1.37. The number of carbonyl (C=O) groups is 2. The average molecular weight is 294 g/mol. The van der Waals surface area contributed by atoms with Crippen molar-refractivity contribution in [3.63, 3.8) is 0 Å². The van der Waals surface area contributed by atoms with Crippen LogP contribution in [0.1, 0.15) is 6.42 Å². The van der Waals surface area contributed by atoms with Crippen LogP contribution < -0.4 is 10.6 Å². The van der Waals surface area contributed by atoms with Gasteiger partial charge in [0.1, 0.15) is 0 Å². The van der Waals surface area contributed by atoms with E-state index in [4.69, 9.17) is 14.2 Å². The van der Waals surface area contributed by atoms with Gasteiger partial charge in [0.05, 0.1) is 52.6 Å². The molecule has 2 N–H and O–H groups in total. The van der Waals surface area contributed by atoms with Crippen molar-refractivity contribution in [3.8, 4) is 0 Å². The van der Waals surface area contributed by atoms with E-state index >= 15 is 0 Å². The largest absolute Gasteiger partial charge is 0.378 e. The summed E-state index contributed by atoms with van der Waals surface area (Å²) >= 11 is 0. The number of likely N-dealkylation sites (N-methyl/N-ethyl adjacent to an activating group) is 1. The second-order valence-corrected chi connectivity index (χ2v) is 3.82. The highest BCUT2D eigenvalue weighted by molar-refractivity contribution is 5.77. The zero-order chi connectivity index (χ0) is 15.1. The first-order chi connectivity index (χ1) is 9.66. The number of carbonyl (C=O) groups excluding carboxylic acids is 2. The Kier molecular flexibility index (Phi) is 13.5. The van der Waals surface area contributed by atoms with Crippen LogP contribution in [0.25, 0.3) is 0 Å². The fourth-order valence-electron chi connectivity index (χ4n) is 1.18. The van der Waals surface area contributed by atoms with Gasteiger partial charge in [0, 0.05) is 6.54 Å². The second kappa shape index (κ2) is 14.3. The number of hydrogen-bond acceptors (Lipinski definition) is 6. The molecule has 118 valence electrons. The van der Waals surface area contributed by atoms with Crippen LogP contribution in [0.5, 0.6) is 0 Å². The molecule has 0 spiro atoms. The Morgan fingerprint density at radius 1 is 0.950 bits per heavy atom. The number of nitrogens with one attached hydrogen (secondary N) is 2. The molecule has 0 saturated heterocycles. The number of hydrogen-bond donors (Lipinski definition) is 2. The van der Waals surface area contributed by atoms with Crippen LogP contribution in [0.2, 0.25) is 0 Å². The van der Waals surface area contributed by atoms with Gasteiger partial charge in [-0.25, -0.2) is 0 Å². The number of amides is 1. The van der Waals surface area contributed by atoms with Gasteiger partial charge in [-0.05, 0) is 7.05 Å². The quantitative estimate of drug-likeness (QED) is 0.324. The van der Waals surface area contributed by atoms with Crippen molar-refractivity contribution in [2.24, 2.45) is 0 Å². The zero-order valence-electron chi connectivity index (χ0n) is 11.8. The van der Waals surface area contributed by atoms with Gasteiger partial charge in [-0.1, -0.05) is 0 Å². The Labute approximate surface area is 118 Å². The van der Waals surface area contributed by atoms with Gasteiger partial charge in [0.15, 0.2) is 0 Å². The Morgan fingerprint density at radius 2 is 1.50 bits per heavy atom. The van der Waals surface area contributed by atoms with E-state index in [0.29, 0.717) is 39.6 Å². The minimum atomic E-state index is -1.37. The minimum Gasteiger partial charge on any atom is -0.378 e. The molecule has 8 heteroatoms. The van der Waals surface area contributed by atoms with Crippen molar-refractivity contribution in [3.05, 3.63) is 0 Å². The lowest BCUT2D eigenvalue weighted by Gasteiger charge is -2.07. The Bertz CT molecular complexity index is 266. The minimum absolute atomic E-state index is 0.0709. The molecule has 0 aromatic rings. The second-order valence-electron chi connectivity index (χ2n) is 3.82. The Hall–Kier alpha value is -1.09. The maximum absolute atomic E-state index is 11.8. The van der Waals surface area contributed by atoms with Gasteiger partial charge in [-0.3, -0.25) is 9.59 Å².